The van der Waals surface area contributed by atoms with E-state index in [1.54, 1.807) is 0 Å². The van der Waals surface area contributed by atoms with Crippen LogP contribution in [0.2, 0.25) is 0 Å². The maximum atomic E-state index is 12.0. The molecule has 3 unspecified atom stereocenters. The predicted octanol–water partition coefficient (Wildman–Crippen LogP) is 2.18. The Hall–Kier alpha value is -0.610. The Labute approximate surface area is 123 Å². The van der Waals surface area contributed by atoms with Crippen LogP contribution in [0.25, 0.3) is 0 Å². The lowest BCUT2D eigenvalue weighted by Crippen LogP contribution is -2.51. The van der Waals surface area contributed by atoms with Crippen LogP contribution in [0.4, 0.5) is 0 Å². The van der Waals surface area contributed by atoms with Gasteiger partial charge in [0.2, 0.25) is 0 Å². The van der Waals surface area contributed by atoms with Crippen LogP contribution in [-0.4, -0.2) is 49.2 Å². The molecule has 0 aromatic rings. The summed E-state index contributed by atoms with van der Waals surface area (Å²) in [4.78, 5) is 14.6. The molecule has 1 heterocycles. The molecular formula is C16H30N2O2. The summed E-state index contributed by atoms with van der Waals surface area (Å²) in [6.07, 6.45) is 7.16. The zero-order chi connectivity index (χ0) is 14.6. The molecule has 20 heavy (non-hydrogen) atoms. The maximum absolute atomic E-state index is 12.0. The summed E-state index contributed by atoms with van der Waals surface area (Å²) in [6, 6.07) is 0.827. The highest BCUT2D eigenvalue weighted by molar-refractivity contribution is 5.80. The van der Waals surface area contributed by atoms with Gasteiger partial charge in [-0.2, -0.15) is 0 Å². The van der Waals surface area contributed by atoms with Crippen molar-refractivity contribution in [2.45, 2.75) is 64.0 Å². The standard InChI is InChI=1S/C16H30N2O2/c1-4-9-17-16(2,15(19)20-3)8-5-10-18-12-13-6-7-14(18)11-13/h13-14,17H,4-12H2,1-3H3. The third-order valence-corrected chi connectivity index (χ3v) is 5.05. The summed E-state index contributed by atoms with van der Waals surface area (Å²) in [6.45, 7) is 7.36. The molecule has 1 saturated carbocycles. The van der Waals surface area contributed by atoms with Crippen LogP contribution in [0.3, 0.4) is 0 Å². The number of esters is 1. The van der Waals surface area contributed by atoms with E-state index in [0.29, 0.717) is 0 Å². The number of fused-ring (bicyclic) bond motifs is 2. The van der Waals surface area contributed by atoms with Gasteiger partial charge in [-0.1, -0.05) is 6.92 Å². The van der Waals surface area contributed by atoms with Gasteiger partial charge >= 0.3 is 5.97 Å². The first-order chi connectivity index (χ1) is 9.59. The number of methoxy groups -OCH3 is 1. The first-order valence-electron chi connectivity index (χ1n) is 8.16. The minimum absolute atomic E-state index is 0.131. The first-order valence-corrected chi connectivity index (χ1v) is 8.16. The van der Waals surface area contributed by atoms with Crippen molar-refractivity contribution < 1.29 is 9.53 Å². The van der Waals surface area contributed by atoms with E-state index in [1.165, 1.54) is 32.9 Å². The van der Waals surface area contributed by atoms with Gasteiger partial charge in [0.1, 0.15) is 5.54 Å². The molecule has 116 valence electrons. The number of ether oxygens (including phenoxy) is 1. The second-order valence-electron chi connectivity index (χ2n) is 6.68. The van der Waals surface area contributed by atoms with Crippen LogP contribution in [0.5, 0.6) is 0 Å². The average Bonchev–Trinajstić information content (AvgIpc) is 3.06. The van der Waals surface area contributed by atoms with Crippen molar-refractivity contribution in [3.8, 4) is 0 Å². The minimum atomic E-state index is -0.524. The average molecular weight is 282 g/mol. The fourth-order valence-electron chi connectivity index (χ4n) is 3.83. The third kappa shape index (κ3) is 3.53. The molecule has 4 nitrogen and oxygen atoms in total. The summed E-state index contributed by atoms with van der Waals surface area (Å²) in [5.74, 6) is 0.819. The number of carbonyl (C=O) groups is 1. The van der Waals surface area contributed by atoms with Gasteiger partial charge < -0.3 is 15.0 Å². The van der Waals surface area contributed by atoms with Gasteiger partial charge in [0, 0.05) is 12.6 Å². The van der Waals surface area contributed by atoms with E-state index in [0.717, 1.165) is 44.3 Å². The van der Waals surface area contributed by atoms with Crippen LogP contribution in [-0.2, 0) is 9.53 Å². The lowest BCUT2D eigenvalue weighted by Gasteiger charge is -2.31. The summed E-state index contributed by atoms with van der Waals surface area (Å²) >= 11 is 0. The molecule has 0 aromatic carbocycles. The van der Waals surface area contributed by atoms with Gasteiger partial charge in [-0.05, 0) is 64.5 Å². The third-order valence-electron chi connectivity index (χ3n) is 5.05. The number of hydrogen-bond acceptors (Lipinski definition) is 4. The first kappa shape index (κ1) is 15.8. The number of piperidine rings is 1. The van der Waals surface area contributed by atoms with Crippen molar-refractivity contribution in [1.29, 1.82) is 0 Å². The SMILES string of the molecule is CCCNC(C)(CCCN1CC2CCC1C2)C(=O)OC. The van der Waals surface area contributed by atoms with E-state index < -0.39 is 5.54 Å². The van der Waals surface area contributed by atoms with Gasteiger partial charge in [0.15, 0.2) is 0 Å². The molecule has 1 saturated heterocycles. The molecule has 0 amide bonds. The van der Waals surface area contributed by atoms with Crippen molar-refractivity contribution >= 4 is 5.97 Å². The minimum Gasteiger partial charge on any atom is -0.468 e. The molecule has 2 rings (SSSR count). The molecule has 3 atom stereocenters. The summed E-state index contributed by atoms with van der Waals surface area (Å²) < 4.78 is 4.97. The highest BCUT2D eigenvalue weighted by atomic mass is 16.5. The van der Waals surface area contributed by atoms with Crippen LogP contribution in [0, 0.1) is 5.92 Å². The molecule has 1 aliphatic heterocycles. The lowest BCUT2D eigenvalue weighted by atomic mass is 9.95. The van der Waals surface area contributed by atoms with E-state index in [4.69, 9.17) is 4.74 Å². The largest absolute Gasteiger partial charge is 0.468 e. The molecule has 0 radical (unpaired) electrons. The van der Waals surface area contributed by atoms with Gasteiger partial charge in [0.05, 0.1) is 7.11 Å². The molecule has 1 N–H and O–H groups in total. The molecule has 0 aromatic heterocycles. The smallest absolute Gasteiger partial charge is 0.325 e. The summed E-state index contributed by atoms with van der Waals surface area (Å²) in [7, 11) is 1.48. The highest BCUT2D eigenvalue weighted by Gasteiger charge is 2.38. The Bertz CT molecular complexity index is 334. The molecule has 2 fully saturated rings. The lowest BCUT2D eigenvalue weighted by molar-refractivity contribution is -0.148. The zero-order valence-electron chi connectivity index (χ0n) is 13.3. The number of carbonyl (C=O) groups excluding carboxylic acids is 1. The fourth-order valence-corrected chi connectivity index (χ4v) is 3.83. The van der Waals surface area contributed by atoms with Gasteiger partial charge in [-0.3, -0.25) is 4.79 Å². The molecule has 2 bridgehead atoms. The van der Waals surface area contributed by atoms with Crippen LogP contribution < -0.4 is 5.32 Å². The molecule has 2 aliphatic rings. The van der Waals surface area contributed by atoms with Crippen molar-refractivity contribution in [2.75, 3.05) is 26.7 Å². The number of rotatable bonds is 8. The summed E-state index contributed by atoms with van der Waals surface area (Å²) in [5, 5.41) is 3.36. The quantitative estimate of drug-likeness (QED) is 0.693. The van der Waals surface area contributed by atoms with E-state index in [9.17, 15) is 4.79 Å². The van der Waals surface area contributed by atoms with E-state index in [1.807, 2.05) is 6.92 Å². The second-order valence-corrected chi connectivity index (χ2v) is 6.68. The van der Waals surface area contributed by atoms with Gasteiger partial charge in [-0.15, -0.1) is 0 Å². The monoisotopic (exact) mass is 282 g/mol. The Morgan fingerprint density at radius 1 is 1.45 bits per heavy atom. The maximum Gasteiger partial charge on any atom is 0.325 e. The molecule has 1 aliphatic carbocycles. The Morgan fingerprint density at radius 3 is 2.80 bits per heavy atom. The van der Waals surface area contributed by atoms with Crippen molar-refractivity contribution in [1.82, 2.24) is 10.2 Å². The van der Waals surface area contributed by atoms with E-state index in [-0.39, 0.29) is 5.97 Å². The Kier molecular flexibility index (Phi) is 5.44. The normalized spacial score (nSPS) is 28.6. The number of nitrogens with one attached hydrogen (secondary N) is 1. The number of nitrogens with zero attached hydrogens (tertiary/aromatic N) is 1. The topological polar surface area (TPSA) is 41.6 Å². The van der Waals surface area contributed by atoms with Crippen molar-refractivity contribution in [3.05, 3.63) is 0 Å². The van der Waals surface area contributed by atoms with Crippen LogP contribution >= 0.6 is 0 Å². The van der Waals surface area contributed by atoms with Gasteiger partial charge in [0.25, 0.3) is 0 Å². The van der Waals surface area contributed by atoms with Crippen LogP contribution in [0.15, 0.2) is 0 Å². The van der Waals surface area contributed by atoms with Gasteiger partial charge in [-0.25, -0.2) is 0 Å². The summed E-state index contributed by atoms with van der Waals surface area (Å²) in [5.41, 5.74) is -0.524. The molecule has 0 spiro atoms. The number of likely N-dealkylation sites (tertiary alicyclic amines) is 1. The number of hydrogen-bond donors (Lipinski definition) is 1. The fraction of sp³-hybridized carbons (Fsp3) is 0.938. The predicted molar refractivity (Wildman–Crippen MR) is 80.7 cm³/mol. The van der Waals surface area contributed by atoms with E-state index in [2.05, 4.69) is 17.1 Å². The van der Waals surface area contributed by atoms with Crippen LogP contribution in [0.1, 0.15) is 52.4 Å². The highest BCUT2D eigenvalue weighted by Crippen LogP contribution is 2.37. The van der Waals surface area contributed by atoms with Crippen molar-refractivity contribution in [2.24, 2.45) is 5.92 Å². The zero-order valence-corrected chi connectivity index (χ0v) is 13.3. The molecular weight excluding hydrogens is 252 g/mol. The van der Waals surface area contributed by atoms with E-state index >= 15 is 0 Å². The Morgan fingerprint density at radius 2 is 2.25 bits per heavy atom. The second kappa shape index (κ2) is 6.90. The molecule has 4 heteroatoms. The van der Waals surface area contributed by atoms with Crippen molar-refractivity contribution in [3.63, 3.8) is 0 Å². The Balaban J connectivity index is 1.78.